The van der Waals surface area contributed by atoms with Crippen LogP contribution in [-0.2, 0) is 20.7 Å². The van der Waals surface area contributed by atoms with Gasteiger partial charge in [0.05, 0.1) is 0 Å². The fourth-order valence-corrected chi connectivity index (χ4v) is 2.65. The van der Waals surface area contributed by atoms with E-state index in [0.29, 0.717) is 6.42 Å². The molecule has 0 unspecified atom stereocenters. The molecule has 2 rings (SSSR count). The van der Waals surface area contributed by atoms with E-state index in [9.17, 15) is 4.79 Å². The second-order valence-corrected chi connectivity index (χ2v) is 5.75. The smallest absolute Gasteiger partial charge is 0.338 e. The molecule has 1 heterocycles. The van der Waals surface area contributed by atoms with Crippen LogP contribution in [0.15, 0.2) is 30.3 Å². The van der Waals surface area contributed by atoms with Crippen molar-refractivity contribution >= 4 is 5.97 Å². The molecule has 3 heteroatoms. The Labute approximate surface area is 114 Å². The van der Waals surface area contributed by atoms with Crippen molar-refractivity contribution in [3.63, 3.8) is 0 Å². The summed E-state index contributed by atoms with van der Waals surface area (Å²) in [5, 5.41) is 0. The summed E-state index contributed by atoms with van der Waals surface area (Å²) in [6.07, 6.45) is 0.0770. The van der Waals surface area contributed by atoms with Crippen LogP contribution in [0, 0.1) is 11.8 Å². The van der Waals surface area contributed by atoms with E-state index < -0.39 is 11.9 Å². The first-order valence-corrected chi connectivity index (χ1v) is 6.90. The van der Waals surface area contributed by atoms with Gasteiger partial charge >= 0.3 is 5.97 Å². The number of rotatable bonds is 4. The summed E-state index contributed by atoms with van der Waals surface area (Å²) in [5.41, 5.74) is 1.09. The maximum Gasteiger partial charge on any atom is 0.338 e. The number of carbonyl (C=O) groups is 1. The van der Waals surface area contributed by atoms with Crippen molar-refractivity contribution in [2.75, 3.05) is 0 Å². The number of esters is 1. The van der Waals surface area contributed by atoms with Gasteiger partial charge in [-0.25, -0.2) is 4.79 Å². The van der Waals surface area contributed by atoms with Crippen molar-refractivity contribution < 1.29 is 14.3 Å². The average molecular weight is 262 g/mol. The van der Waals surface area contributed by atoms with Gasteiger partial charge in [0.2, 0.25) is 5.79 Å². The van der Waals surface area contributed by atoms with Gasteiger partial charge in [-0.2, -0.15) is 0 Å². The summed E-state index contributed by atoms with van der Waals surface area (Å²) >= 11 is 0. The highest BCUT2D eigenvalue weighted by Gasteiger charge is 2.52. The summed E-state index contributed by atoms with van der Waals surface area (Å²) in [5.74, 6) is -0.753. The van der Waals surface area contributed by atoms with Crippen LogP contribution in [0.3, 0.4) is 0 Å². The number of carbonyl (C=O) groups excluding carboxylic acids is 1. The van der Waals surface area contributed by atoms with Crippen LogP contribution in [0.25, 0.3) is 0 Å². The quantitative estimate of drug-likeness (QED) is 0.782. The van der Waals surface area contributed by atoms with Gasteiger partial charge in [0.15, 0.2) is 6.10 Å². The molecule has 1 saturated heterocycles. The fraction of sp³-hybridized carbons (Fsp3) is 0.562. The van der Waals surface area contributed by atoms with E-state index in [1.807, 2.05) is 58.0 Å². The number of benzene rings is 1. The van der Waals surface area contributed by atoms with Crippen LogP contribution < -0.4 is 0 Å². The second kappa shape index (κ2) is 5.33. The molecule has 0 aromatic heterocycles. The standard InChI is InChI=1S/C16H22O3/c1-11(2)16(12(3)4)18-14(15(17)19-16)10-13-8-6-5-7-9-13/h5-9,11-12,14H,10H2,1-4H3/t14-/m0/s1. The van der Waals surface area contributed by atoms with Crippen molar-refractivity contribution in [2.24, 2.45) is 11.8 Å². The van der Waals surface area contributed by atoms with Gasteiger partial charge in [-0.1, -0.05) is 58.0 Å². The van der Waals surface area contributed by atoms with Crippen molar-refractivity contribution in [3.8, 4) is 0 Å². The predicted octanol–water partition coefficient (Wildman–Crippen LogP) is 3.18. The summed E-state index contributed by atoms with van der Waals surface area (Å²) < 4.78 is 11.6. The monoisotopic (exact) mass is 262 g/mol. The molecule has 0 amide bonds. The van der Waals surface area contributed by atoms with Crippen LogP contribution in [-0.4, -0.2) is 17.9 Å². The van der Waals surface area contributed by atoms with Crippen molar-refractivity contribution in [1.82, 2.24) is 0 Å². The second-order valence-electron chi connectivity index (χ2n) is 5.75. The molecule has 0 radical (unpaired) electrons. The fourth-order valence-electron chi connectivity index (χ4n) is 2.65. The van der Waals surface area contributed by atoms with Crippen molar-refractivity contribution in [1.29, 1.82) is 0 Å². The maximum atomic E-state index is 12.1. The molecule has 19 heavy (non-hydrogen) atoms. The first kappa shape index (κ1) is 14.1. The van der Waals surface area contributed by atoms with E-state index in [4.69, 9.17) is 9.47 Å². The summed E-state index contributed by atoms with van der Waals surface area (Å²) in [6.45, 7) is 8.10. The van der Waals surface area contributed by atoms with E-state index in [1.54, 1.807) is 0 Å². The Kier molecular flexibility index (Phi) is 3.95. The molecule has 1 aliphatic heterocycles. The minimum absolute atomic E-state index is 0.136. The topological polar surface area (TPSA) is 35.5 Å². The van der Waals surface area contributed by atoms with Crippen molar-refractivity contribution in [2.45, 2.75) is 46.0 Å². The summed E-state index contributed by atoms with van der Waals surface area (Å²) in [6, 6.07) is 9.90. The van der Waals surface area contributed by atoms with Gasteiger partial charge in [-0.05, 0) is 5.56 Å². The first-order chi connectivity index (χ1) is 8.95. The molecule has 1 aromatic carbocycles. The molecule has 0 spiro atoms. The van der Waals surface area contributed by atoms with E-state index in [2.05, 4.69) is 0 Å². The molecule has 1 atom stereocenters. The summed E-state index contributed by atoms with van der Waals surface area (Å²) in [7, 11) is 0. The lowest BCUT2D eigenvalue weighted by molar-refractivity contribution is -0.224. The Morgan fingerprint density at radius 3 is 2.16 bits per heavy atom. The predicted molar refractivity (Wildman–Crippen MR) is 73.5 cm³/mol. The Hall–Kier alpha value is -1.35. The Balaban J connectivity index is 2.15. The third kappa shape index (κ3) is 2.66. The van der Waals surface area contributed by atoms with E-state index in [0.717, 1.165) is 5.56 Å². The number of hydrogen-bond acceptors (Lipinski definition) is 3. The lowest BCUT2D eigenvalue weighted by atomic mass is 9.91. The molecular formula is C16H22O3. The Morgan fingerprint density at radius 1 is 1.11 bits per heavy atom. The average Bonchev–Trinajstić information content (AvgIpc) is 2.69. The lowest BCUT2D eigenvalue weighted by Gasteiger charge is -2.34. The van der Waals surface area contributed by atoms with Gasteiger partial charge in [0.25, 0.3) is 0 Å². The first-order valence-electron chi connectivity index (χ1n) is 6.90. The van der Waals surface area contributed by atoms with E-state index in [-0.39, 0.29) is 17.8 Å². The molecule has 0 N–H and O–H groups in total. The highest BCUT2D eigenvalue weighted by molar-refractivity contribution is 5.77. The zero-order chi connectivity index (χ0) is 14.0. The molecule has 3 nitrogen and oxygen atoms in total. The highest BCUT2D eigenvalue weighted by Crippen LogP contribution is 2.39. The van der Waals surface area contributed by atoms with Crippen LogP contribution >= 0.6 is 0 Å². The van der Waals surface area contributed by atoms with Gasteiger partial charge in [-0.3, -0.25) is 0 Å². The van der Waals surface area contributed by atoms with E-state index in [1.165, 1.54) is 0 Å². The number of ether oxygens (including phenoxy) is 2. The lowest BCUT2D eigenvalue weighted by Crippen LogP contribution is -2.42. The van der Waals surface area contributed by atoms with E-state index >= 15 is 0 Å². The molecule has 1 aliphatic rings. The third-order valence-electron chi connectivity index (χ3n) is 3.72. The highest BCUT2D eigenvalue weighted by atomic mass is 16.8. The Morgan fingerprint density at radius 2 is 1.68 bits per heavy atom. The van der Waals surface area contributed by atoms with Gasteiger partial charge in [0.1, 0.15) is 0 Å². The molecule has 0 aliphatic carbocycles. The molecule has 104 valence electrons. The number of hydrogen-bond donors (Lipinski definition) is 0. The maximum absolute atomic E-state index is 12.1. The molecule has 0 bridgehead atoms. The minimum atomic E-state index is -0.781. The van der Waals surface area contributed by atoms with Crippen LogP contribution in [0.5, 0.6) is 0 Å². The Bertz CT molecular complexity index is 429. The zero-order valence-corrected chi connectivity index (χ0v) is 12.1. The molecule has 1 fully saturated rings. The van der Waals surface area contributed by atoms with Gasteiger partial charge < -0.3 is 9.47 Å². The SMILES string of the molecule is CC(C)C1(C(C)C)OC(=O)[C@H](Cc2ccccc2)O1. The largest absolute Gasteiger partial charge is 0.431 e. The van der Waals surface area contributed by atoms with Gasteiger partial charge in [0, 0.05) is 18.3 Å². The normalized spacial score (nSPS) is 22.0. The van der Waals surface area contributed by atoms with Crippen LogP contribution in [0.4, 0.5) is 0 Å². The minimum Gasteiger partial charge on any atom is -0.431 e. The van der Waals surface area contributed by atoms with Crippen LogP contribution in [0.1, 0.15) is 33.3 Å². The molecule has 1 aromatic rings. The third-order valence-corrected chi connectivity index (χ3v) is 3.72. The van der Waals surface area contributed by atoms with Crippen LogP contribution in [0.2, 0.25) is 0 Å². The van der Waals surface area contributed by atoms with Crippen molar-refractivity contribution in [3.05, 3.63) is 35.9 Å². The number of cyclic esters (lactones) is 1. The van der Waals surface area contributed by atoms with Gasteiger partial charge in [-0.15, -0.1) is 0 Å². The summed E-state index contributed by atoms with van der Waals surface area (Å²) in [4.78, 5) is 12.1. The zero-order valence-electron chi connectivity index (χ0n) is 12.1. The molecular weight excluding hydrogens is 240 g/mol. The molecule has 0 saturated carbocycles.